The van der Waals surface area contributed by atoms with E-state index in [2.05, 4.69) is 22.3 Å². The molecule has 1 saturated heterocycles. The largest absolute Gasteiger partial charge is 0.497 e. The Bertz CT molecular complexity index is 1190. The van der Waals surface area contributed by atoms with Crippen LogP contribution in [0.1, 0.15) is 15.9 Å². The molecule has 1 aliphatic heterocycles. The second kappa shape index (κ2) is 10.2. The number of hydrogen-bond donors (Lipinski definition) is 1. The van der Waals surface area contributed by atoms with E-state index in [9.17, 15) is 13.2 Å². The summed E-state index contributed by atoms with van der Waals surface area (Å²) in [4.78, 5) is 15.1. The van der Waals surface area contributed by atoms with Crippen molar-refractivity contribution in [1.82, 2.24) is 9.21 Å². The van der Waals surface area contributed by atoms with E-state index < -0.39 is 10.0 Å². The molecule has 3 aromatic carbocycles. The van der Waals surface area contributed by atoms with Gasteiger partial charge in [0.1, 0.15) is 5.75 Å². The first-order chi connectivity index (χ1) is 16.0. The van der Waals surface area contributed by atoms with Gasteiger partial charge in [0.15, 0.2) is 0 Å². The fourth-order valence-corrected chi connectivity index (χ4v) is 5.26. The third kappa shape index (κ3) is 5.60. The molecular formula is C25H27N3O4S. The quantitative estimate of drug-likeness (QED) is 0.578. The summed E-state index contributed by atoms with van der Waals surface area (Å²) in [7, 11) is -2.11. The molecular weight excluding hydrogens is 438 g/mol. The Morgan fingerprint density at radius 2 is 1.61 bits per heavy atom. The monoisotopic (exact) mass is 465 g/mol. The summed E-state index contributed by atoms with van der Waals surface area (Å²) in [5, 5.41) is 2.79. The van der Waals surface area contributed by atoms with Crippen LogP contribution in [-0.4, -0.2) is 56.8 Å². The summed E-state index contributed by atoms with van der Waals surface area (Å²) in [5.41, 5.74) is 2.10. The zero-order valence-electron chi connectivity index (χ0n) is 18.5. The lowest BCUT2D eigenvalue weighted by atomic mass is 10.2. The molecule has 0 unspecified atom stereocenters. The highest BCUT2D eigenvalue weighted by molar-refractivity contribution is 7.89. The second-order valence-corrected chi connectivity index (χ2v) is 9.81. The number of nitrogens with zero attached hydrogens (tertiary/aromatic N) is 2. The lowest BCUT2D eigenvalue weighted by molar-refractivity contribution is 0.102. The van der Waals surface area contributed by atoms with Gasteiger partial charge in [-0.25, -0.2) is 8.42 Å². The summed E-state index contributed by atoms with van der Waals surface area (Å²) in [6.07, 6.45) is 0. The van der Waals surface area contributed by atoms with Crippen molar-refractivity contribution < 1.29 is 17.9 Å². The van der Waals surface area contributed by atoms with Crippen LogP contribution in [0.25, 0.3) is 0 Å². The highest BCUT2D eigenvalue weighted by Crippen LogP contribution is 2.21. The van der Waals surface area contributed by atoms with Gasteiger partial charge < -0.3 is 10.1 Å². The minimum atomic E-state index is -3.69. The van der Waals surface area contributed by atoms with Gasteiger partial charge in [-0.1, -0.05) is 36.4 Å². The fraction of sp³-hybridized carbons (Fsp3) is 0.240. The molecule has 0 atom stereocenters. The third-order valence-electron chi connectivity index (χ3n) is 5.66. The maximum atomic E-state index is 13.2. The summed E-state index contributed by atoms with van der Waals surface area (Å²) >= 11 is 0. The predicted molar refractivity (Wildman–Crippen MR) is 128 cm³/mol. The number of carbonyl (C=O) groups excluding carboxylic acids is 1. The molecule has 0 saturated carbocycles. The molecule has 7 nitrogen and oxygen atoms in total. The average Bonchev–Trinajstić information content (AvgIpc) is 2.85. The van der Waals surface area contributed by atoms with Crippen LogP contribution in [0.2, 0.25) is 0 Å². The first-order valence-corrected chi connectivity index (χ1v) is 12.2. The molecule has 172 valence electrons. The Labute approximate surface area is 194 Å². The van der Waals surface area contributed by atoms with Gasteiger partial charge in [0, 0.05) is 44.0 Å². The van der Waals surface area contributed by atoms with Crippen LogP contribution in [-0.2, 0) is 16.6 Å². The van der Waals surface area contributed by atoms with Crippen molar-refractivity contribution in [1.29, 1.82) is 0 Å². The molecule has 33 heavy (non-hydrogen) atoms. The number of nitrogens with one attached hydrogen (secondary N) is 1. The molecule has 1 heterocycles. The van der Waals surface area contributed by atoms with Gasteiger partial charge in [0.05, 0.1) is 12.0 Å². The van der Waals surface area contributed by atoms with Gasteiger partial charge in [0.2, 0.25) is 10.0 Å². The van der Waals surface area contributed by atoms with Gasteiger partial charge in [-0.2, -0.15) is 4.31 Å². The zero-order valence-corrected chi connectivity index (χ0v) is 19.3. The molecule has 3 aromatic rings. The Morgan fingerprint density at radius 1 is 0.909 bits per heavy atom. The van der Waals surface area contributed by atoms with Crippen molar-refractivity contribution in [3.63, 3.8) is 0 Å². The molecule has 1 N–H and O–H groups in total. The van der Waals surface area contributed by atoms with E-state index in [1.54, 1.807) is 43.5 Å². The van der Waals surface area contributed by atoms with Gasteiger partial charge in [0.25, 0.3) is 5.91 Å². The molecule has 4 rings (SSSR count). The molecule has 8 heteroatoms. The van der Waals surface area contributed by atoms with Gasteiger partial charge in [-0.05, 0) is 48.0 Å². The number of hydrogen-bond acceptors (Lipinski definition) is 5. The molecule has 1 amide bonds. The molecule has 1 aliphatic rings. The number of anilines is 1. The van der Waals surface area contributed by atoms with Crippen molar-refractivity contribution in [2.45, 2.75) is 11.4 Å². The zero-order chi connectivity index (χ0) is 23.3. The number of benzene rings is 3. The first kappa shape index (κ1) is 23.0. The van der Waals surface area contributed by atoms with Crippen LogP contribution in [0.5, 0.6) is 5.75 Å². The van der Waals surface area contributed by atoms with E-state index in [1.165, 1.54) is 22.0 Å². The predicted octanol–water partition coefficient (Wildman–Crippen LogP) is 3.45. The van der Waals surface area contributed by atoms with Gasteiger partial charge in [-0.15, -0.1) is 0 Å². The summed E-state index contributed by atoms with van der Waals surface area (Å²) in [6, 6.07) is 23.3. The molecule has 0 aromatic heterocycles. The number of carbonyl (C=O) groups is 1. The lowest BCUT2D eigenvalue weighted by Gasteiger charge is -2.34. The summed E-state index contributed by atoms with van der Waals surface area (Å²) in [5.74, 6) is 0.315. The summed E-state index contributed by atoms with van der Waals surface area (Å²) in [6.45, 7) is 2.95. The fourth-order valence-electron chi connectivity index (χ4n) is 3.79. The molecule has 0 bridgehead atoms. The van der Waals surface area contributed by atoms with Crippen LogP contribution in [0.4, 0.5) is 5.69 Å². The Kier molecular flexibility index (Phi) is 7.08. The number of methoxy groups -OCH3 is 1. The first-order valence-electron chi connectivity index (χ1n) is 10.8. The third-order valence-corrected chi connectivity index (χ3v) is 7.56. The maximum Gasteiger partial charge on any atom is 0.255 e. The van der Waals surface area contributed by atoms with Crippen molar-refractivity contribution in [2.24, 2.45) is 0 Å². The van der Waals surface area contributed by atoms with Crippen LogP contribution < -0.4 is 10.1 Å². The van der Waals surface area contributed by atoms with Crippen LogP contribution in [0.15, 0.2) is 83.8 Å². The standard InChI is InChI=1S/C25H27N3O4S/c1-32-23-12-10-22(11-13-23)26-25(29)21-8-5-9-24(18-21)33(30,31)28-16-14-27(15-17-28)19-20-6-3-2-4-7-20/h2-13,18H,14-17,19H2,1H3,(H,26,29). The van der Waals surface area contributed by atoms with Crippen LogP contribution in [0, 0.1) is 0 Å². The van der Waals surface area contributed by atoms with Crippen molar-refractivity contribution >= 4 is 21.6 Å². The minimum Gasteiger partial charge on any atom is -0.497 e. The van der Waals surface area contributed by atoms with Gasteiger partial charge >= 0.3 is 0 Å². The number of rotatable bonds is 7. The number of sulfonamides is 1. The smallest absolute Gasteiger partial charge is 0.255 e. The highest BCUT2D eigenvalue weighted by Gasteiger charge is 2.29. The van der Waals surface area contributed by atoms with E-state index in [0.29, 0.717) is 37.6 Å². The Morgan fingerprint density at radius 3 is 2.27 bits per heavy atom. The maximum absolute atomic E-state index is 13.2. The average molecular weight is 466 g/mol. The molecule has 0 radical (unpaired) electrons. The van der Waals surface area contributed by atoms with E-state index >= 15 is 0 Å². The second-order valence-electron chi connectivity index (χ2n) is 7.88. The van der Waals surface area contributed by atoms with E-state index in [-0.39, 0.29) is 16.4 Å². The number of piperazine rings is 1. The molecule has 0 aliphatic carbocycles. The van der Waals surface area contributed by atoms with E-state index in [0.717, 1.165) is 6.54 Å². The Hall–Kier alpha value is -3.20. The highest BCUT2D eigenvalue weighted by atomic mass is 32.2. The summed E-state index contributed by atoms with van der Waals surface area (Å²) < 4.78 is 33.0. The van der Waals surface area contributed by atoms with Gasteiger partial charge in [-0.3, -0.25) is 9.69 Å². The topological polar surface area (TPSA) is 78.9 Å². The van der Waals surface area contributed by atoms with Crippen molar-refractivity contribution in [2.75, 3.05) is 38.6 Å². The van der Waals surface area contributed by atoms with E-state index in [4.69, 9.17) is 4.74 Å². The minimum absolute atomic E-state index is 0.126. The lowest BCUT2D eigenvalue weighted by Crippen LogP contribution is -2.48. The SMILES string of the molecule is COc1ccc(NC(=O)c2cccc(S(=O)(=O)N3CCN(Cc4ccccc4)CC3)c2)cc1. The Balaban J connectivity index is 1.41. The van der Waals surface area contributed by atoms with E-state index in [1.807, 2.05) is 18.2 Å². The normalized spacial score (nSPS) is 15.2. The number of ether oxygens (including phenoxy) is 1. The van der Waals surface area contributed by atoms with Crippen molar-refractivity contribution in [3.8, 4) is 5.75 Å². The van der Waals surface area contributed by atoms with Crippen LogP contribution >= 0.6 is 0 Å². The molecule has 0 spiro atoms. The molecule has 1 fully saturated rings. The van der Waals surface area contributed by atoms with Crippen molar-refractivity contribution in [3.05, 3.63) is 90.0 Å². The van der Waals surface area contributed by atoms with Crippen LogP contribution in [0.3, 0.4) is 0 Å². The number of amides is 1.